The van der Waals surface area contributed by atoms with Crippen LogP contribution in [0.25, 0.3) is 0 Å². The summed E-state index contributed by atoms with van der Waals surface area (Å²) in [6.45, 7) is 2.29. The normalized spacial score (nSPS) is 24.3. The van der Waals surface area contributed by atoms with E-state index in [1.807, 2.05) is 0 Å². The molecule has 1 aromatic rings. The van der Waals surface area contributed by atoms with Crippen molar-refractivity contribution in [2.45, 2.75) is 30.4 Å². The van der Waals surface area contributed by atoms with E-state index in [1.54, 1.807) is 6.92 Å². The Kier molecular flexibility index (Phi) is 3.56. The van der Waals surface area contributed by atoms with Gasteiger partial charge in [0.15, 0.2) is 0 Å². The molecule has 1 saturated heterocycles. The molecule has 18 heavy (non-hydrogen) atoms. The van der Waals surface area contributed by atoms with Gasteiger partial charge in [0, 0.05) is 6.61 Å². The van der Waals surface area contributed by atoms with E-state index < -0.39 is 15.8 Å². The highest BCUT2D eigenvalue weighted by atomic mass is 32.2. The van der Waals surface area contributed by atoms with E-state index in [1.165, 1.54) is 12.1 Å². The van der Waals surface area contributed by atoms with Crippen molar-refractivity contribution in [3.05, 3.63) is 24.0 Å². The molecule has 2 atom stereocenters. The maximum absolute atomic E-state index is 13.3. The topological polar surface area (TPSA) is 81.4 Å². The lowest BCUT2D eigenvalue weighted by atomic mass is 10.2. The van der Waals surface area contributed by atoms with Crippen molar-refractivity contribution in [1.82, 2.24) is 4.72 Å². The molecule has 1 heterocycles. The van der Waals surface area contributed by atoms with E-state index in [4.69, 9.17) is 10.5 Å². The molecular formula is C11H15FN2O3S. The van der Waals surface area contributed by atoms with E-state index in [0.29, 0.717) is 13.0 Å². The summed E-state index contributed by atoms with van der Waals surface area (Å²) in [5, 5.41) is 0. The van der Waals surface area contributed by atoms with Gasteiger partial charge in [0.2, 0.25) is 10.0 Å². The van der Waals surface area contributed by atoms with E-state index >= 15 is 0 Å². The van der Waals surface area contributed by atoms with Crippen molar-refractivity contribution in [1.29, 1.82) is 0 Å². The van der Waals surface area contributed by atoms with Crippen LogP contribution in [0, 0.1) is 5.82 Å². The van der Waals surface area contributed by atoms with Gasteiger partial charge in [0.25, 0.3) is 0 Å². The molecule has 0 radical (unpaired) electrons. The molecule has 1 fully saturated rings. The predicted octanol–water partition coefficient (Wildman–Crippen LogP) is 0.864. The molecule has 0 amide bonds. The van der Waals surface area contributed by atoms with Crippen LogP contribution in [0.1, 0.15) is 13.3 Å². The van der Waals surface area contributed by atoms with Crippen LogP contribution in [0.3, 0.4) is 0 Å². The first-order valence-corrected chi connectivity index (χ1v) is 7.08. The average Bonchev–Trinajstić information content (AvgIpc) is 2.67. The summed E-state index contributed by atoms with van der Waals surface area (Å²) in [5.41, 5.74) is 5.09. The van der Waals surface area contributed by atoms with Crippen LogP contribution in [0.2, 0.25) is 0 Å². The second-order valence-corrected chi connectivity index (χ2v) is 5.93. The zero-order valence-corrected chi connectivity index (χ0v) is 10.7. The fraction of sp³-hybridized carbons (Fsp3) is 0.455. The Morgan fingerprint density at radius 2 is 2.22 bits per heavy atom. The summed E-state index contributed by atoms with van der Waals surface area (Å²) in [6.07, 6.45) is 0.393. The maximum atomic E-state index is 13.3. The number of ether oxygens (including phenoxy) is 1. The molecule has 1 aliphatic heterocycles. The molecule has 1 aliphatic rings. The number of hydrogen-bond acceptors (Lipinski definition) is 4. The number of benzene rings is 1. The van der Waals surface area contributed by atoms with Gasteiger partial charge in [-0.05, 0) is 25.5 Å². The zero-order valence-electron chi connectivity index (χ0n) is 9.89. The predicted molar refractivity (Wildman–Crippen MR) is 65.0 cm³/mol. The maximum Gasteiger partial charge on any atom is 0.243 e. The van der Waals surface area contributed by atoms with Crippen molar-refractivity contribution in [3.8, 4) is 0 Å². The summed E-state index contributed by atoms with van der Waals surface area (Å²) in [7, 11) is -3.82. The fourth-order valence-electron chi connectivity index (χ4n) is 1.90. The largest absolute Gasteiger partial charge is 0.395 e. The fourth-order valence-corrected chi connectivity index (χ4v) is 3.38. The minimum atomic E-state index is -3.82. The van der Waals surface area contributed by atoms with Gasteiger partial charge in [-0.15, -0.1) is 0 Å². The van der Waals surface area contributed by atoms with Gasteiger partial charge in [0.05, 0.1) is 17.8 Å². The van der Waals surface area contributed by atoms with Crippen molar-refractivity contribution in [3.63, 3.8) is 0 Å². The highest BCUT2D eigenvalue weighted by Crippen LogP contribution is 2.23. The Balaban J connectivity index is 2.28. The number of sulfonamides is 1. The van der Waals surface area contributed by atoms with Gasteiger partial charge in [-0.25, -0.2) is 17.5 Å². The van der Waals surface area contributed by atoms with Gasteiger partial charge in [0.1, 0.15) is 10.7 Å². The van der Waals surface area contributed by atoms with Gasteiger partial charge >= 0.3 is 0 Å². The van der Waals surface area contributed by atoms with Crippen LogP contribution in [0.5, 0.6) is 0 Å². The Hall–Kier alpha value is -1.18. The highest BCUT2D eigenvalue weighted by molar-refractivity contribution is 7.89. The van der Waals surface area contributed by atoms with E-state index in [9.17, 15) is 12.8 Å². The first-order chi connectivity index (χ1) is 8.42. The summed E-state index contributed by atoms with van der Waals surface area (Å²) >= 11 is 0. The standard InChI is InChI=1S/C11H15FN2O3S/c1-7-9(5-6-17-7)14-18(15,16)10-4-2-3-8(12)11(10)13/h2-4,7,9,14H,5-6,13H2,1H3. The number of anilines is 1. The van der Waals surface area contributed by atoms with Gasteiger partial charge in [-0.2, -0.15) is 0 Å². The van der Waals surface area contributed by atoms with Gasteiger partial charge < -0.3 is 10.5 Å². The second kappa shape index (κ2) is 4.83. The molecule has 2 unspecified atom stereocenters. The van der Waals surface area contributed by atoms with Gasteiger partial charge in [-0.3, -0.25) is 0 Å². The zero-order chi connectivity index (χ0) is 13.3. The Morgan fingerprint density at radius 3 is 2.83 bits per heavy atom. The lowest BCUT2D eigenvalue weighted by Crippen LogP contribution is -2.39. The third-order valence-electron chi connectivity index (χ3n) is 2.99. The third-order valence-corrected chi connectivity index (χ3v) is 4.53. The molecule has 1 aromatic carbocycles. The summed E-state index contributed by atoms with van der Waals surface area (Å²) in [6, 6.07) is 3.41. The number of nitrogens with two attached hydrogens (primary N) is 1. The summed E-state index contributed by atoms with van der Waals surface area (Å²) in [5.74, 6) is -0.742. The molecule has 100 valence electrons. The monoisotopic (exact) mass is 274 g/mol. The quantitative estimate of drug-likeness (QED) is 0.801. The molecule has 2 rings (SSSR count). The van der Waals surface area contributed by atoms with Crippen LogP contribution in [-0.4, -0.2) is 27.2 Å². The Morgan fingerprint density at radius 1 is 1.50 bits per heavy atom. The third kappa shape index (κ3) is 2.47. The van der Waals surface area contributed by atoms with Crippen molar-refractivity contribution in [2.75, 3.05) is 12.3 Å². The van der Waals surface area contributed by atoms with Crippen LogP contribution in [0.15, 0.2) is 23.1 Å². The van der Waals surface area contributed by atoms with Crippen molar-refractivity contribution >= 4 is 15.7 Å². The molecule has 3 N–H and O–H groups in total. The minimum Gasteiger partial charge on any atom is -0.395 e. The Bertz CT molecular complexity index is 547. The molecular weight excluding hydrogens is 259 g/mol. The molecule has 0 spiro atoms. The Labute approximate surface area is 105 Å². The summed E-state index contributed by atoms with van der Waals surface area (Å²) in [4.78, 5) is -0.235. The average molecular weight is 274 g/mol. The second-order valence-electron chi connectivity index (χ2n) is 4.24. The lowest BCUT2D eigenvalue weighted by molar-refractivity contribution is 0.117. The molecule has 0 aromatic heterocycles. The number of nitrogens with one attached hydrogen (secondary N) is 1. The van der Waals surface area contributed by atoms with Crippen LogP contribution in [-0.2, 0) is 14.8 Å². The smallest absolute Gasteiger partial charge is 0.243 e. The molecule has 0 aliphatic carbocycles. The van der Waals surface area contributed by atoms with Crippen LogP contribution >= 0.6 is 0 Å². The van der Waals surface area contributed by atoms with E-state index in [2.05, 4.69) is 4.72 Å². The number of rotatable bonds is 3. The summed E-state index contributed by atoms with van der Waals surface area (Å²) < 4.78 is 45.2. The van der Waals surface area contributed by atoms with Crippen molar-refractivity contribution in [2.24, 2.45) is 0 Å². The molecule has 0 saturated carbocycles. The number of hydrogen-bond donors (Lipinski definition) is 2. The van der Waals surface area contributed by atoms with Crippen LogP contribution in [0.4, 0.5) is 10.1 Å². The number of nitrogen functional groups attached to an aromatic ring is 1. The van der Waals surface area contributed by atoms with Crippen LogP contribution < -0.4 is 10.5 Å². The van der Waals surface area contributed by atoms with Crippen molar-refractivity contribution < 1.29 is 17.5 Å². The van der Waals surface area contributed by atoms with E-state index in [-0.39, 0.29) is 22.7 Å². The lowest BCUT2D eigenvalue weighted by Gasteiger charge is -2.17. The first kappa shape index (κ1) is 13.3. The number of halogens is 1. The van der Waals surface area contributed by atoms with Gasteiger partial charge in [-0.1, -0.05) is 6.07 Å². The first-order valence-electron chi connectivity index (χ1n) is 5.60. The SMILES string of the molecule is CC1OCCC1NS(=O)(=O)c1cccc(F)c1N. The number of para-hydroxylation sites is 1. The molecule has 0 bridgehead atoms. The van der Waals surface area contributed by atoms with E-state index in [0.717, 1.165) is 6.07 Å². The minimum absolute atomic E-state index is 0.199. The highest BCUT2D eigenvalue weighted by Gasteiger charge is 2.30. The molecule has 7 heteroatoms. The molecule has 5 nitrogen and oxygen atoms in total.